The van der Waals surface area contributed by atoms with Gasteiger partial charge in [0.1, 0.15) is 5.69 Å². The van der Waals surface area contributed by atoms with Crippen molar-refractivity contribution < 1.29 is 9.59 Å². The van der Waals surface area contributed by atoms with Gasteiger partial charge in [-0.2, -0.15) is 16.4 Å². The molecule has 0 unspecified atom stereocenters. The molecule has 2 N–H and O–H groups in total. The number of hydrogen-bond acceptors (Lipinski definition) is 5. The van der Waals surface area contributed by atoms with Gasteiger partial charge in [0.2, 0.25) is 5.91 Å². The molecule has 2 aromatic rings. The molecule has 0 bridgehead atoms. The Morgan fingerprint density at radius 1 is 1.25 bits per heavy atom. The minimum absolute atomic E-state index is 0.0294. The number of nitrogens with one attached hydrogen (secondary N) is 2. The van der Waals surface area contributed by atoms with E-state index in [1.54, 1.807) is 17.4 Å². The van der Waals surface area contributed by atoms with Crippen LogP contribution in [0.5, 0.6) is 0 Å². The van der Waals surface area contributed by atoms with Crippen LogP contribution in [0.15, 0.2) is 22.9 Å². The summed E-state index contributed by atoms with van der Waals surface area (Å²) < 4.78 is 0. The number of thiophene rings is 1. The van der Waals surface area contributed by atoms with Crippen molar-refractivity contribution >= 4 is 23.2 Å². The first-order chi connectivity index (χ1) is 13.6. The smallest absolute Gasteiger partial charge is 0.269 e. The number of amides is 2. The summed E-state index contributed by atoms with van der Waals surface area (Å²) in [4.78, 5) is 29.6. The Hall–Kier alpha value is -2.19. The van der Waals surface area contributed by atoms with Crippen molar-refractivity contribution in [3.63, 3.8) is 0 Å². The third kappa shape index (κ3) is 4.28. The number of nitrogens with zero attached hydrogens (tertiary/aromatic N) is 3. The van der Waals surface area contributed by atoms with Gasteiger partial charge in [0.15, 0.2) is 0 Å². The fraction of sp³-hybridized carbons (Fsp3) is 0.550. The lowest BCUT2D eigenvalue weighted by atomic mass is 10.0. The van der Waals surface area contributed by atoms with Crippen LogP contribution in [0.25, 0.3) is 11.3 Å². The number of carbonyl (C=O) groups excluding carboxylic acids is 2. The molecule has 0 saturated carbocycles. The quantitative estimate of drug-likeness (QED) is 0.823. The summed E-state index contributed by atoms with van der Waals surface area (Å²) in [5.74, 6) is 0.171. The van der Waals surface area contributed by atoms with E-state index in [4.69, 9.17) is 0 Å². The van der Waals surface area contributed by atoms with Crippen LogP contribution in [-0.2, 0) is 4.79 Å². The Kier molecular flexibility index (Phi) is 5.77. The van der Waals surface area contributed by atoms with Crippen molar-refractivity contribution in [2.24, 2.45) is 5.92 Å². The van der Waals surface area contributed by atoms with Gasteiger partial charge in [-0.1, -0.05) is 0 Å². The number of likely N-dealkylation sites (N-methyl/N-ethyl adjacent to an activating group) is 1. The van der Waals surface area contributed by atoms with Crippen LogP contribution in [0.3, 0.4) is 0 Å². The zero-order valence-corrected chi connectivity index (χ0v) is 17.0. The maximum Gasteiger partial charge on any atom is 0.269 e. The van der Waals surface area contributed by atoms with Crippen molar-refractivity contribution in [1.82, 2.24) is 25.3 Å². The van der Waals surface area contributed by atoms with E-state index in [-0.39, 0.29) is 23.8 Å². The number of likely N-dealkylation sites (tertiary alicyclic amines) is 2. The number of aromatic nitrogens is 2. The molecule has 2 aliphatic rings. The Morgan fingerprint density at radius 2 is 2.07 bits per heavy atom. The highest BCUT2D eigenvalue weighted by Crippen LogP contribution is 2.22. The lowest BCUT2D eigenvalue weighted by Gasteiger charge is -2.24. The van der Waals surface area contributed by atoms with E-state index in [0.717, 1.165) is 63.1 Å². The highest BCUT2D eigenvalue weighted by atomic mass is 32.1. The van der Waals surface area contributed by atoms with Crippen LogP contribution in [0.1, 0.15) is 36.2 Å². The summed E-state index contributed by atoms with van der Waals surface area (Å²) in [6.07, 6.45) is 3.86. The average molecular weight is 402 g/mol. The maximum absolute atomic E-state index is 12.8. The molecule has 0 radical (unpaired) electrons. The van der Waals surface area contributed by atoms with Gasteiger partial charge in [0, 0.05) is 43.2 Å². The summed E-state index contributed by atoms with van der Waals surface area (Å²) in [6, 6.07) is 3.81. The molecule has 2 aromatic heterocycles. The molecule has 2 aliphatic heterocycles. The minimum atomic E-state index is -0.142. The molecule has 150 valence electrons. The molecule has 2 fully saturated rings. The van der Waals surface area contributed by atoms with E-state index in [0.29, 0.717) is 5.69 Å². The average Bonchev–Trinajstić information content (AvgIpc) is 3.43. The lowest BCUT2D eigenvalue weighted by Crippen LogP contribution is -2.42. The zero-order valence-electron chi connectivity index (χ0n) is 16.2. The first kappa shape index (κ1) is 19.1. The van der Waals surface area contributed by atoms with Gasteiger partial charge in [-0.25, -0.2) is 0 Å². The molecular formula is C20H27N5O2S. The van der Waals surface area contributed by atoms with Crippen molar-refractivity contribution in [3.8, 4) is 11.3 Å². The third-order valence-electron chi connectivity index (χ3n) is 5.67. The molecule has 0 aliphatic carbocycles. The molecule has 0 spiro atoms. The topological polar surface area (TPSA) is 81.3 Å². The van der Waals surface area contributed by atoms with Crippen molar-refractivity contribution in [1.29, 1.82) is 0 Å². The molecule has 2 amide bonds. The second-order valence-corrected chi connectivity index (χ2v) is 8.66. The number of H-pyrrole nitrogens is 1. The predicted molar refractivity (Wildman–Crippen MR) is 109 cm³/mol. The second kappa shape index (κ2) is 8.45. The molecule has 2 atom stereocenters. The molecular weight excluding hydrogens is 374 g/mol. The van der Waals surface area contributed by atoms with Crippen molar-refractivity contribution in [2.75, 3.05) is 33.2 Å². The van der Waals surface area contributed by atoms with Crippen LogP contribution in [0.2, 0.25) is 0 Å². The monoisotopic (exact) mass is 401 g/mol. The maximum atomic E-state index is 12.8. The third-order valence-corrected chi connectivity index (χ3v) is 6.35. The van der Waals surface area contributed by atoms with Crippen LogP contribution in [0.4, 0.5) is 0 Å². The fourth-order valence-corrected chi connectivity index (χ4v) is 4.84. The van der Waals surface area contributed by atoms with E-state index >= 15 is 0 Å². The van der Waals surface area contributed by atoms with Crippen LogP contribution in [0, 0.1) is 5.92 Å². The van der Waals surface area contributed by atoms with E-state index in [2.05, 4.69) is 20.4 Å². The van der Waals surface area contributed by atoms with Gasteiger partial charge in [0.05, 0.1) is 11.6 Å². The molecule has 4 rings (SSSR count). The van der Waals surface area contributed by atoms with E-state index in [1.807, 2.05) is 28.8 Å². The molecule has 2 saturated heterocycles. The second-order valence-electron chi connectivity index (χ2n) is 7.88. The molecule has 28 heavy (non-hydrogen) atoms. The lowest BCUT2D eigenvalue weighted by molar-refractivity contribution is -0.135. The molecule has 8 heteroatoms. The first-order valence-corrected chi connectivity index (χ1v) is 10.9. The summed E-state index contributed by atoms with van der Waals surface area (Å²) in [7, 11) is 2.03. The van der Waals surface area contributed by atoms with E-state index in [1.165, 1.54) is 0 Å². The zero-order chi connectivity index (χ0) is 19.5. The number of rotatable bonds is 4. The molecule has 7 nitrogen and oxygen atoms in total. The highest BCUT2D eigenvalue weighted by Gasteiger charge is 2.31. The predicted octanol–water partition coefficient (Wildman–Crippen LogP) is 2.20. The van der Waals surface area contributed by atoms with Gasteiger partial charge in [-0.05, 0) is 50.2 Å². The first-order valence-electron chi connectivity index (χ1n) is 9.96. The molecule has 4 heterocycles. The Labute approximate surface area is 169 Å². The Morgan fingerprint density at radius 3 is 2.82 bits per heavy atom. The standard InChI is InChI=1S/C20H27N5O2S/c1-24-11-14(20(27)25-7-2-3-8-25)4-5-16(12-24)21-19(26)18-10-17(22-23-18)15-6-9-28-13-15/h6,9-10,13-14,16H,2-5,7-8,11-12H2,1H3,(H,21,26)(H,22,23)/t14-,16+/m1/s1. The highest BCUT2D eigenvalue weighted by molar-refractivity contribution is 7.08. The number of carbonyl (C=O) groups is 2. The summed E-state index contributed by atoms with van der Waals surface area (Å²) >= 11 is 1.60. The van der Waals surface area contributed by atoms with Crippen molar-refractivity contribution in [2.45, 2.75) is 31.7 Å². The van der Waals surface area contributed by atoms with Gasteiger partial charge in [-0.3, -0.25) is 14.7 Å². The Bertz CT molecular complexity index is 812. The van der Waals surface area contributed by atoms with Gasteiger partial charge in [0.25, 0.3) is 5.91 Å². The number of hydrogen-bond donors (Lipinski definition) is 2. The SMILES string of the molecule is CN1C[C@@H](NC(=O)c2cc(-c3ccsc3)n[nH]2)CC[C@@H](C(=O)N2CCCC2)C1. The van der Waals surface area contributed by atoms with Crippen LogP contribution < -0.4 is 5.32 Å². The summed E-state index contributed by atoms with van der Waals surface area (Å²) in [5.41, 5.74) is 2.26. The summed E-state index contributed by atoms with van der Waals surface area (Å²) in [6.45, 7) is 3.30. The normalized spacial score (nSPS) is 23.5. The fourth-order valence-electron chi connectivity index (χ4n) is 4.19. The van der Waals surface area contributed by atoms with Gasteiger partial charge < -0.3 is 15.1 Å². The van der Waals surface area contributed by atoms with Crippen molar-refractivity contribution in [3.05, 3.63) is 28.6 Å². The Balaban J connectivity index is 1.35. The van der Waals surface area contributed by atoms with Gasteiger partial charge >= 0.3 is 0 Å². The van der Waals surface area contributed by atoms with E-state index in [9.17, 15) is 9.59 Å². The van der Waals surface area contributed by atoms with Gasteiger partial charge in [-0.15, -0.1) is 0 Å². The van der Waals surface area contributed by atoms with Crippen LogP contribution >= 0.6 is 11.3 Å². The number of aromatic amines is 1. The minimum Gasteiger partial charge on any atom is -0.347 e. The summed E-state index contributed by atoms with van der Waals surface area (Å²) in [5, 5.41) is 14.2. The van der Waals surface area contributed by atoms with E-state index < -0.39 is 0 Å². The molecule has 0 aromatic carbocycles. The van der Waals surface area contributed by atoms with Crippen LogP contribution in [-0.4, -0.2) is 71.1 Å². The largest absolute Gasteiger partial charge is 0.347 e.